The molecule has 0 atom stereocenters. The molecule has 0 N–H and O–H groups in total. The van der Waals surface area contributed by atoms with Crippen LogP contribution in [-0.4, -0.2) is 4.57 Å². The SMILES string of the molecule is CC(C)c1ccc2c3ccc4c5ccccc5sc4c3n(C)c2c1. The lowest BCUT2D eigenvalue weighted by Gasteiger charge is -2.06. The zero-order valence-corrected chi connectivity index (χ0v) is 14.9. The zero-order valence-electron chi connectivity index (χ0n) is 14.1. The van der Waals surface area contributed by atoms with Crippen molar-refractivity contribution in [1.82, 2.24) is 4.57 Å². The summed E-state index contributed by atoms with van der Waals surface area (Å²) in [7, 11) is 2.21. The molecule has 0 saturated carbocycles. The number of hydrogen-bond acceptors (Lipinski definition) is 1. The van der Waals surface area contributed by atoms with Crippen molar-refractivity contribution in [2.45, 2.75) is 19.8 Å². The highest BCUT2D eigenvalue weighted by Crippen LogP contribution is 2.41. The number of benzene rings is 3. The quantitative estimate of drug-likeness (QED) is 0.318. The molecule has 1 nitrogen and oxygen atoms in total. The molecule has 2 heterocycles. The average molecular weight is 329 g/mol. The molecule has 0 bridgehead atoms. The van der Waals surface area contributed by atoms with Crippen LogP contribution in [0, 0.1) is 0 Å². The summed E-state index contributed by atoms with van der Waals surface area (Å²) in [4.78, 5) is 0. The number of thiophene rings is 1. The molecule has 0 spiro atoms. The Morgan fingerprint density at radius 2 is 1.58 bits per heavy atom. The Balaban J connectivity index is 2.00. The Labute approximate surface area is 145 Å². The molecule has 5 aromatic rings. The summed E-state index contributed by atoms with van der Waals surface area (Å²) in [6.07, 6.45) is 0. The average Bonchev–Trinajstić information content (AvgIpc) is 3.10. The standard InChI is InChI=1S/C22H19NS/c1-13(2)14-8-9-15-17-10-11-18-16-6-4-5-7-20(16)24-22(18)21(17)23(3)19(15)12-14/h4-13H,1-3H3. The van der Waals surface area contributed by atoms with Gasteiger partial charge in [0.15, 0.2) is 0 Å². The number of aromatic nitrogens is 1. The van der Waals surface area contributed by atoms with Crippen LogP contribution >= 0.6 is 11.3 Å². The molecule has 3 aromatic carbocycles. The minimum atomic E-state index is 0.553. The smallest absolute Gasteiger partial charge is 0.0670 e. The van der Waals surface area contributed by atoms with E-state index in [4.69, 9.17) is 0 Å². The van der Waals surface area contributed by atoms with Crippen molar-refractivity contribution >= 4 is 53.3 Å². The minimum Gasteiger partial charge on any atom is -0.342 e. The summed E-state index contributed by atoms with van der Waals surface area (Å²) in [5.41, 5.74) is 4.10. The van der Waals surface area contributed by atoms with Crippen molar-refractivity contribution in [3.63, 3.8) is 0 Å². The number of nitrogens with zero attached hydrogens (tertiary/aromatic N) is 1. The maximum absolute atomic E-state index is 2.38. The first-order valence-corrected chi connectivity index (χ1v) is 9.29. The summed E-state index contributed by atoms with van der Waals surface area (Å²) in [5, 5.41) is 5.46. The topological polar surface area (TPSA) is 4.93 Å². The summed E-state index contributed by atoms with van der Waals surface area (Å²) in [6.45, 7) is 4.52. The molecule has 0 aliphatic carbocycles. The molecule has 118 valence electrons. The molecule has 0 aliphatic heterocycles. The van der Waals surface area contributed by atoms with Gasteiger partial charge in [-0.15, -0.1) is 11.3 Å². The fourth-order valence-electron chi connectivity index (χ4n) is 3.86. The molecule has 0 unspecified atom stereocenters. The van der Waals surface area contributed by atoms with Crippen molar-refractivity contribution in [3.05, 3.63) is 60.2 Å². The van der Waals surface area contributed by atoms with Crippen molar-refractivity contribution in [2.75, 3.05) is 0 Å². The Morgan fingerprint density at radius 3 is 2.42 bits per heavy atom. The second-order valence-electron chi connectivity index (χ2n) is 6.93. The maximum Gasteiger partial charge on any atom is 0.0670 e. The van der Waals surface area contributed by atoms with E-state index in [1.165, 1.54) is 47.5 Å². The lowest BCUT2D eigenvalue weighted by Crippen LogP contribution is -1.90. The summed E-state index contributed by atoms with van der Waals surface area (Å²) < 4.78 is 5.15. The van der Waals surface area contributed by atoms with Gasteiger partial charge >= 0.3 is 0 Å². The molecule has 0 aliphatic rings. The molecular formula is C22H19NS. The van der Waals surface area contributed by atoms with Gasteiger partial charge in [0.05, 0.1) is 10.2 Å². The summed E-state index contributed by atoms with van der Waals surface area (Å²) >= 11 is 1.91. The first-order chi connectivity index (χ1) is 11.6. The second kappa shape index (κ2) is 4.84. The molecule has 0 saturated heterocycles. The van der Waals surface area contributed by atoms with Gasteiger partial charge in [0.1, 0.15) is 0 Å². The largest absolute Gasteiger partial charge is 0.342 e. The Hall–Kier alpha value is -2.32. The van der Waals surface area contributed by atoms with E-state index in [1.54, 1.807) is 0 Å². The van der Waals surface area contributed by atoms with Crippen LogP contribution in [0.2, 0.25) is 0 Å². The van der Waals surface area contributed by atoms with E-state index in [0.29, 0.717) is 5.92 Å². The van der Waals surface area contributed by atoms with Gasteiger partial charge in [0.25, 0.3) is 0 Å². The highest BCUT2D eigenvalue weighted by molar-refractivity contribution is 7.26. The summed E-state index contributed by atoms with van der Waals surface area (Å²) in [5.74, 6) is 0.553. The van der Waals surface area contributed by atoms with Crippen molar-refractivity contribution in [3.8, 4) is 0 Å². The normalized spacial score (nSPS) is 12.3. The van der Waals surface area contributed by atoms with Gasteiger partial charge < -0.3 is 4.57 Å². The van der Waals surface area contributed by atoms with Crippen molar-refractivity contribution in [2.24, 2.45) is 7.05 Å². The van der Waals surface area contributed by atoms with Gasteiger partial charge in [0, 0.05) is 38.8 Å². The van der Waals surface area contributed by atoms with Gasteiger partial charge in [-0.25, -0.2) is 0 Å². The van der Waals surface area contributed by atoms with Gasteiger partial charge in [-0.1, -0.05) is 56.3 Å². The van der Waals surface area contributed by atoms with E-state index in [9.17, 15) is 0 Å². The van der Waals surface area contributed by atoms with Crippen LogP contribution < -0.4 is 0 Å². The number of rotatable bonds is 1. The lowest BCUT2D eigenvalue weighted by molar-refractivity contribution is 0.866. The minimum absolute atomic E-state index is 0.553. The van der Waals surface area contributed by atoms with E-state index in [0.717, 1.165) is 0 Å². The summed E-state index contributed by atoms with van der Waals surface area (Å²) in [6, 6.07) is 20.3. The second-order valence-corrected chi connectivity index (χ2v) is 7.98. The molecule has 5 rings (SSSR count). The van der Waals surface area contributed by atoms with Crippen LogP contribution in [0.15, 0.2) is 54.6 Å². The highest BCUT2D eigenvalue weighted by atomic mass is 32.1. The first-order valence-electron chi connectivity index (χ1n) is 8.47. The molecule has 0 fully saturated rings. The Kier molecular flexibility index (Phi) is 2.84. The number of fused-ring (bicyclic) bond motifs is 7. The Bertz CT molecular complexity index is 1240. The predicted molar refractivity (Wildman–Crippen MR) is 107 cm³/mol. The van der Waals surface area contributed by atoms with Gasteiger partial charge in [-0.2, -0.15) is 0 Å². The van der Waals surface area contributed by atoms with Crippen LogP contribution in [-0.2, 0) is 7.05 Å². The van der Waals surface area contributed by atoms with E-state index in [-0.39, 0.29) is 0 Å². The van der Waals surface area contributed by atoms with Crippen LogP contribution in [0.1, 0.15) is 25.3 Å². The Morgan fingerprint density at radius 1 is 0.833 bits per heavy atom. The fraction of sp³-hybridized carbons (Fsp3) is 0.182. The molecule has 2 aromatic heterocycles. The van der Waals surface area contributed by atoms with Crippen molar-refractivity contribution < 1.29 is 0 Å². The molecular weight excluding hydrogens is 310 g/mol. The third kappa shape index (κ3) is 1.75. The van der Waals surface area contributed by atoms with Gasteiger partial charge in [0.2, 0.25) is 0 Å². The van der Waals surface area contributed by atoms with E-state index in [2.05, 4.69) is 80.1 Å². The van der Waals surface area contributed by atoms with Crippen LogP contribution in [0.3, 0.4) is 0 Å². The molecule has 24 heavy (non-hydrogen) atoms. The third-order valence-electron chi connectivity index (χ3n) is 5.20. The highest BCUT2D eigenvalue weighted by Gasteiger charge is 2.15. The number of aryl methyl sites for hydroxylation is 1. The predicted octanol–water partition coefficient (Wildman–Crippen LogP) is 6.82. The van der Waals surface area contributed by atoms with E-state index < -0.39 is 0 Å². The van der Waals surface area contributed by atoms with Gasteiger partial charge in [-0.3, -0.25) is 0 Å². The van der Waals surface area contributed by atoms with E-state index in [1.807, 2.05) is 11.3 Å². The van der Waals surface area contributed by atoms with E-state index >= 15 is 0 Å². The molecule has 2 heteroatoms. The van der Waals surface area contributed by atoms with Crippen molar-refractivity contribution in [1.29, 1.82) is 0 Å². The van der Waals surface area contributed by atoms with Crippen LogP contribution in [0.25, 0.3) is 42.0 Å². The van der Waals surface area contributed by atoms with Crippen LogP contribution in [0.4, 0.5) is 0 Å². The third-order valence-corrected chi connectivity index (χ3v) is 6.39. The maximum atomic E-state index is 2.38. The first kappa shape index (κ1) is 14.1. The number of hydrogen-bond donors (Lipinski definition) is 0. The van der Waals surface area contributed by atoms with Gasteiger partial charge in [-0.05, 0) is 23.6 Å². The fourth-order valence-corrected chi connectivity index (χ4v) is 5.14. The van der Waals surface area contributed by atoms with Crippen LogP contribution in [0.5, 0.6) is 0 Å². The molecule has 0 amide bonds. The monoisotopic (exact) mass is 329 g/mol. The zero-order chi connectivity index (χ0) is 16.4. The molecule has 0 radical (unpaired) electrons. The lowest BCUT2D eigenvalue weighted by atomic mass is 10.0.